The average Bonchev–Trinajstić information content (AvgIpc) is 2.67. The van der Waals surface area contributed by atoms with Crippen LogP contribution < -0.4 is 38.9 Å². The fraction of sp³-hybridized carbons (Fsp3) is 0.706. The van der Waals surface area contributed by atoms with Crippen LogP contribution in [0.4, 0.5) is 0 Å². The second-order valence-corrected chi connectivity index (χ2v) is 6.76. The van der Waals surface area contributed by atoms with E-state index in [1.807, 2.05) is 0 Å². The minimum atomic E-state index is -1.19. The van der Waals surface area contributed by atoms with Crippen molar-refractivity contribution >= 4 is 29.7 Å². The third-order valence-electron chi connectivity index (χ3n) is 4.00. The van der Waals surface area contributed by atoms with Crippen molar-refractivity contribution in [2.45, 2.75) is 57.2 Å². The van der Waals surface area contributed by atoms with E-state index < -0.39 is 41.8 Å². The van der Waals surface area contributed by atoms with Crippen LogP contribution in [0.25, 0.3) is 0 Å². The molecule has 0 saturated heterocycles. The molecule has 172 valence electrons. The molecular weight excluding hydrogens is 396 g/mol. The van der Waals surface area contributed by atoms with Gasteiger partial charge in [0.05, 0.1) is 12.6 Å². The molecule has 13 nitrogen and oxygen atoms in total. The minimum Gasteiger partial charge on any atom is -0.480 e. The van der Waals surface area contributed by atoms with Gasteiger partial charge >= 0.3 is 5.97 Å². The highest BCUT2D eigenvalue weighted by atomic mass is 16.4. The summed E-state index contributed by atoms with van der Waals surface area (Å²) in [6, 6.07) is -2.93. The maximum Gasteiger partial charge on any atom is 0.326 e. The molecule has 0 aromatic heterocycles. The highest BCUT2D eigenvalue weighted by molar-refractivity contribution is 5.92. The number of nitrogens with two attached hydrogens (primary N) is 4. The van der Waals surface area contributed by atoms with Crippen LogP contribution in [-0.4, -0.2) is 72.5 Å². The molecule has 0 aliphatic carbocycles. The Kier molecular flexibility index (Phi) is 13.5. The SMILES string of the molecule is CC(N)C(=O)NCC(=O)NC(CCCN=C(N)N)C(=O)NC(CCCCN)C(=O)O. The number of rotatable bonds is 15. The maximum absolute atomic E-state index is 12.6. The topological polar surface area (TPSA) is 241 Å². The molecule has 3 unspecified atom stereocenters. The van der Waals surface area contributed by atoms with Gasteiger partial charge in [0.1, 0.15) is 12.1 Å². The average molecular weight is 431 g/mol. The Balaban J connectivity index is 4.99. The molecule has 0 fully saturated rings. The number of carbonyl (C=O) groups is 4. The zero-order valence-corrected chi connectivity index (χ0v) is 17.2. The van der Waals surface area contributed by atoms with Gasteiger partial charge in [0.2, 0.25) is 17.7 Å². The molecular formula is C17H34N8O5. The van der Waals surface area contributed by atoms with Gasteiger partial charge in [-0.2, -0.15) is 0 Å². The standard InChI is InChI=1S/C17H34N8O5/c1-10(19)14(27)23-9-13(26)24-11(6-4-8-22-17(20)21)15(28)25-12(16(29)30)5-2-3-7-18/h10-12H,2-9,18-19H2,1H3,(H,23,27)(H,24,26)(H,25,28)(H,29,30)(H4,20,21,22). The molecule has 3 amide bonds. The fourth-order valence-corrected chi connectivity index (χ4v) is 2.37. The van der Waals surface area contributed by atoms with Crippen molar-refractivity contribution in [2.24, 2.45) is 27.9 Å². The predicted molar refractivity (Wildman–Crippen MR) is 111 cm³/mol. The Bertz CT molecular complexity index is 607. The molecule has 0 aromatic rings. The fourth-order valence-electron chi connectivity index (χ4n) is 2.37. The molecule has 0 aliphatic rings. The van der Waals surface area contributed by atoms with Gasteiger partial charge in [-0.25, -0.2) is 4.79 Å². The zero-order valence-electron chi connectivity index (χ0n) is 17.2. The quantitative estimate of drug-likeness (QED) is 0.0735. The molecule has 0 rings (SSSR count). The normalized spacial score (nSPS) is 13.4. The van der Waals surface area contributed by atoms with E-state index in [0.29, 0.717) is 25.8 Å². The smallest absolute Gasteiger partial charge is 0.326 e. The largest absolute Gasteiger partial charge is 0.480 e. The number of hydrogen-bond acceptors (Lipinski definition) is 7. The highest BCUT2D eigenvalue weighted by Crippen LogP contribution is 2.04. The van der Waals surface area contributed by atoms with Crippen LogP contribution in [0, 0.1) is 0 Å². The number of aliphatic carboxylic acids is 1. The second kappa shape index (κ2) is 15.0. The molecule has 0 spiro atoms. The van der Waals surface area contributed by atoms with Crippen LogP contribution in [0.2, 0.25) is 0 Å². The molecule has 0 heterocycles. The lowest BCUT2D eigenvalue weighted by molar-refractivity contribution is -0.142. The first kappa shape index (κ1) is 27.1. The van der Waals surface area contributed by atoms with Crippen LogP contribution in [0.3, 0.4) is 0 Å². The monoisotopic (exact) mass is 430 g/mol. The van der Waals surface area contributed by atoms with E-state index in [1.165, 1.54) is 6.92 Å². The van der Waals surface area contributed by atoms with Gasteiger partial charge in [-0.15, -0.1) is 0 Å². The molecule has 0 bridgehead atoms. The summed E-state index contributed by atoms with van der Waals surface area (Å²) in [4.78, 5) is 51.4. The summed E-state index contributed by atoms with van der Waals surface area (Å²) in [6.45, 7) is 1.72. The van der Waals surface area contributed by atoms with Gasteiger partial charge in [0.25, 0.3) is 0 Å². The molecule has 0 radical (unpaired) electrons. The van der Waals surface area contributed by atoms with E-state index >= 15 is 0 Å². The Labute approximate surface area is 175 Å². The van der Waals surface area contributed by atoms with E-state index in [2.05, 4.69) is 20.9 Å². The van der Waals surface area contributed by atoms with E-state index in [0.717, 1.165) is 0 Å². The van der Waals surface area contributed by atoms with Gasteiger partial charge in [-0.1, -0.05) is 0 Å². The number of carboxylic acid groups (broad SMARTS) is 1. The number of guanidine groups is 1. The van der Waals surface area contributed by atoms with E-state index in [4.69, 9.17) is 22.9 Å². The number of amides is 3. The first-order valence-corrected chi connectivity index (χ1v) is 9.69. The molecule has 12 N–H and O–H groups in total. The zero-order chi connectivity index (χ0) is 23.1. The van der Waals surface area contributed by atoms with Crippen LogP contribution >= 0.6 is 0 Å². The minimum absolute atomic E-state index is 0.107. The molecule has 13 heteroatoms. The lowest BCUT2D eigenvalue weighted by atomic mass is 10.1. The van der Waals surface area contributed by atoms with Crippen molar-refractivity contribution < 1.29 is 24.3 Å². The molecule has 0 aromatic carbocycles. The third-order valence-corrected chi connectivity index (χ3v) is 4.00. The van der Waals surface area contributed by atoms with E-state index in [1.54, 1.807) is 0 Å². The van der Waals surface area contributed by atoms with Crippen molar-refractivity contribution in [3.05, 3.63) is 0 Å². The summed E-state index contributed by atoms with van der Waals surface area (Å²) in [6.07, 6.45) is 1.87. The summed E-state index contributed by atoms with van der Waals surface area (Å²) in [5.41, 5.74) is 21.3. The molecule has 0 saturated carbocycles. The summed E-state index contributed by atoms with van der Waals surface area (Å²) in [5.74, 6) is -3.10. The lowest BCUT2D eigenvalue weighted by Crippen LogP contribution is -2.53. The van der Waals surface area contributed by atoms with Gasteiger partial charge in [-0.05, 0) is 45.6 Å². The Morgan fingerprint density at radius 3 is 2.13 bits per heavy atom. The summed E-state index contributed by atoms with van der Waals surface area (Å²) >= 11 is 0. The third kappa shape index (κ3) is 12.5. The molecule has 3 atom stereocenters. The van der Waals surface area contributed by atoms with Crippen LogP contribution in [-0.2, 0) is 19.2 Å². The van der Waals surface area contributed by atoms with Crippen molar-refractivity contribution in [1.29, 1.82) is 0 Å². The van der Waals surface area contributed by atoms with Gasteiger partial charge < -0.3 is 44.0 Å². The summed E-state index contributed by atoms with van der Waals surface area (Å²) in [5, 5.41) is 16.6. The molecule has 30 heavy (non-hydrogen) atoms. The number of unbranched alkanes of at least 4 members (excludes halogenated alkanes) is 1. The van der Waals surface area contributed by atoms with Crippen molar-refractivity contribution in [1.82, 2.24) is 16.0 Å². The number of carboxylic acids is 1. The molecule has 0 aliphatic heterocycles. The van der Waals surface area contributed by atoms with Crippen LogP contribution in [0.1, 0.15) is 39.0 Å². The lowest BCUT2D eigenvalue weighted by Gasteiger charge is -2.21. The Hall–Kier alpha value is -2.93. The summed E-state index contributed by atoms with van der Waals surface area (Å²) in [7, 11) is 0. The number of aliphatic imine (C=N–C) groups is 1. The summed E-state index contributed by atoms with van der Waals surface area (Å²) < 4.78 is 0. The van der Waals surface area contributed by atoms with Crippen molar-refractivity contribution in [2.75, 3.05) is 19.6 Å². The van der Waals surface area contributed by atoms with E-state index in [-0.39, 0.29) is 31.9 Å². The maximum atomic E-state index is 12.6. The Morgan fingerprint density at radius 2 is 1.60 bits per heavy atom. The second-order valence-electron chi connectivity index (χ2n) is 6.76. The highest BCUT2D eigenvalue weighted by Gasteiger charge is 2.26. The van der Waals surface area contributed by atoms with E-state index in [9.17, 15) is 24.3 Å². The van der Waals surface area contributed by atoms with Gasteiger partial charge in [-0.3, -0.25) is 19.4 Å². The number of carbonyl (C=O) groups excluding carboxylic acids is 3. The van der Waals surface area contributed by atoms with Crippen LogP contribution in [0.15, 0.2) is 4.99 Å². The van der Waals surface area contributed by atoms with Crippen molar-refractivity contribution in [3.8, 4) is 0 Å². The number of nitrogens with zero attached hydrogens (tertiary/aromatic N) is 1. The van der Waals surface area contributed by atoms with Gasteiger partial charge in [0, 0.05) is 6.54 Å². The van der Waals surface area contributed by atoms with Crippen LogP contribution in [0.5, 0.6) is 0 Å². The van der Waals surface area contributed by atoms with Gasteiger partial charge in [0.15, 0.2) is 5.96 Å². The first-order chi connectivity index (χ1) is 14.1. The number of nitrogens with one attached hydrogen (secondary N) is 3. The predicted octanol–water partition coefficient (Wildman–Crippen LogP) is -3.31. The number of hydrogen-bond donors (Lipinski definition) is 8. The Morgan fingerprint density at radius 1 is 0.967 bits per heavy atom. The van der Waals surface area contributed by atoms with Crippen molar-refractivity contribution in [3.63, 3.8) is 0 Å². The first-order valence-electron chi connectivity index (χ1n) is 9.69.